The van der Waals surface area contributed by atoms with Crippen molar-refractivity contribution < 1.29 is 4.42 Å². The summed E-state index contributed by atoms with van der Waals surface area (Å²) < 4.78 is 8.15. The molecule has 2 aromatic heterocycles. The number of nitrogens with zero attached hydrogens (tertiary/aromatic N) is 3. The average Bonchev–Trinajstić information content (AvgIpc) is 3.15. The second-order valence-corrected chi connectivity index (χ2v) is 6.05. The first-order valence-corrected chi connectivity index (χ1v) is 7.77. The summed E-state index contributed by atoms with van der Waals surface area (Å²) in [5.74, 6) is 1.46. The van der Waals surface area contributed by atoms with Crippen LogP contribution in [0.25, 0.3) is 5.70 Å². The molecule has 7 heteroatoms. The maximum atomic E-state index is 5.95. The number of benzene rings is 1. The van der Waals surface area contributed by atoms with E-state index >= 15 is 0 Å². The summed E-state index contributed by atoms with van der Waals surface area (Å²) >= 11 is 9.29. The Bertz CT molecular complexity index is 853. The Morgan fingerprint density at radius 3 is 2.73 bits per heavy atom. The van der Waals surface area contributed by atoms with E-state index < -0.39 is 0 Å². The lowest BCUT2D eigenvalue weighted by atomic mass is 10.1. The standard InChI is InChI=1S/C15H10BrClN4O/c16-14-6-5-13(22-14)12-7-11(9-1-3-10(17)4-2-9)20-15-18-8-19-21(12)15/h1-8,12H,(H,18,19,20)/t12-/m0/s1. The molecule has 1 atom stereocenters. The quantitative estimate of drug-likeness (QED) is 0.721. The summed E-state index contributed by atoms with van der Waals surface area (Å²) in [6, 6.07) is 11.3. The molecule has 0 aliphatic carbocycles. The molecule has 0 fully saturated rings. The number of halogens is 2. The van der Waals surface area contributed by atoms with Gasteiger partial charge in [-0.2, -0.15) is 10.1 Å². The van der Waals surface area contributed by atoms with Crippen LogP contribution in [0.2, 0.25) is 5.02 Å². The van der Waals surface area contributed by atoms with E-state index in [0.29, 0.717) is 15.6 Å². The van der Waals surface area contributed by atoms with E-state index in [1.54, 1.807) is 4.68 Å². The average molecular weight is 378 g/mol. The third-order valence-corrected chi connectivity index (χ3v) is 4.13. The van der Waals surface area contributed by atoms with Crippen LogP contribution in [0.4, 0.5) is 5.95 Å². The predicted octanol–water partition coefficient (Wildman–Crippen LogP) is 4.34. The number of hydrogen-bond acceptors (Lipinski definition) is 4. The van der Waals surface area contributed by atoms with Gasteiger partial charge in [0.15, 0.2) is 4.67 Å². The van der Waals surface area contributed by atoms with Gasteiger partial charge in [0.1, 0.15) is 18.1 Å². The lowest BCUT2D eigenvalue weighted by Gasteiger charge is -2.22. The molecule has 110 valence electrons. The lowest BCUT2D eigenvalue weighted by molar-refractivity contribution is 0.434. The maximum Gasteiger partial charge on any atom is 0.226 e. The number of anilines is 1. The molecular formula is C15H10BrClN4O. The first-order chi connectivity index (χ1) is 10.7. The van der Waals surface area contributed by atoms with E-state index in [4.69, 9.17) is 16.0 Å². The Labute approximate surface area is 139 Å². The Hall–Kier alpha value is -2.05. The summed E-state index contributed by atoms with van der Waals surface area (Å²) in [5, 5.41) is 8.24. The van der Waals surface area contributed by atoms with Crippen molar-refractivity contribution in [1.82, 2.24) is 14.8 Å². The molecule has 3 aromatic rings. The Morgan fingerprint density at radius 1 is 1.18 bits per heavy atom. The van der Waals surface area contributed by atoms with Gasteiger partial charge in [-0.15, -0.1) is 0 Å². The molecule has 0 saturated carbocycles. The first kappa shape index (κ1) is 13.6. The second kappa shape index (κ2) is 5.30. The van der Waals surface area contributed by atoms with Crippen molar-refractivity contribution in [3.8, 4) is 0 Å². The van der Waals surface area contributed by atoms with E-state index in [2.05, 4.69) is 37.4 Å². The van der Waals surface area contributed by atoms with Crippen LogP contribution in [-0.4, -0.2) is 14.8 Å². The molecule has 22 heavy (non-hydrogen) atoms. The number of furan rings is 1. The SMILES string of the molecule is Clc1ccc(C2=C[C@@H](c3ccc(Br)o3)n3ncnc3N2)cc1. The minimum absolute atomic E-state index is 0.157. The number of nitrogens with one attached hydrogen (secondary N) is 1. The van der Waals surface area contributed by atoms with Gasteiger partial charge in [-0.3, -0.25) is 0 Å². The van der Waals surface area contributed by atoms with Crippen LogP contribution in [0, 0.1) is 0 Å². The van der Waals surface area contributed by atoms with Crippen LogP contribution in [-0.2, 0) is 0 Å². The molecule has 1 aromatic carbocycles. The summed E-state index contributed by atoms with van der Waals surface area (Å²) in [6.07, 6.45) is 3.57. The zero-order valence-electron chi connectivity index (χ0n) is 11.2. The predicted molar refractivity (Wildman–Crippen MR) is 87.6 cm³/mol. The van der Waals surface area contributed by atoms with Gasteiger partial charge in [0.05, 0.1) is 0 Å². The van der Waals surface area contributed by atoms with Gasteiger partial charge < -0.3 is 9.73 Å². The van der Waals surface area contributed by atoms with Gasteiger partial charge in [-0.1, -0.05) is 23.7 Å². The molecule has 1 aliphatic rings. The summed E-state index contributed by atoms with van der Waals surface area (Å²) in [6.45, 7) is 0. The van der Waals surface area contributed by atoms with E-state index in [0.717, 1.165) is 17.0 Å². The largest absolute Gasteiger partial charge is 0.452 e. The minimum atomic E-state index is -0.157. The number of hydrogen-bond donors (Lipinski definition) is 1. The number of allylic oxidation sites excluding steroid dienone is 1. The minimum Gasteiger partial charge on any atom is -0.452 e. The highest BCUT2D eigenvalue weighted by atomic mass is 79.9. The van der Waals surface area contributed by atoms with Crippen LogP contribution in [0.1, 0.15) is 17.4 Å². The Kier molecular flexibility index (Phi) is 3.28. The van der Waals surface area contributed by atoms with Crippen molar-refractivity contribution >= 4 is 39.2 Å². The zero-order valence-corrected chi connectivity index (χ0v) is 13.5. The summed E-state index contributed by atoms with van der Waals surface area (Å²) in [5.41, 5.74) is 1.96. The molecule has 0 unspecified atom stereocenters. The van der Waals surface area contributed by atoms with Crippen molar-refractivity contribution in [3.05, 3.63) is 69.8 Å². The van der Waals surface area contributed by atoms with Crippen LogP contribution in [0.5, 0.6) is 0 Å². The van der Waals surface area contributed by atoms with Crippen molar-refractivity contribution in [2.24, 2.45) is 0 Å². The number of fused-ring (bicyclic) bond motifs is 1. The fraction of sp³-hybridized carbons (Fsp3) is 0.0667. The van der Waals surface area contributed by atoms with Crippen molar-refractivity contribution in [1.29, 1.82) is 0 Å². The van der Waals surface area contributed by atoms with E-state index in [9.17, 15) is 0 Å². The van der Waals surface area contributed by atoms with Crippen molar-refractivity contribution in [2.75, 3.05) is 5.32 Å². The van der Waals surface area contributed by atoms with Crippen molar-refractivity contribution in [2.45, 2.75) is 6.04 Å². The lowest BCUT2D eigenvalue weighted by Crippen LogP contribution is -2.19. The fourth-order valence-corrected chi connectivity index (χ4v) is 2.87. The van der Waals surface area contributed by atoms with Gasteiger partial charge in [0.2, 0.25) is 5.95 Å². The monoisotopic (exact) mass is 376 g/mol. The Morgan fingerprint density at radius 2 is 2.00 bits per heavy atom. The molecule has 0 bridgehead atoms. The molecule has 0 spiro atoms. The third-order valence-electron chi connectivity index (χ3n) is 3.45. The normalized spacial score (nSPS) is 16.8. The molecule has 1 N–H and O–H groups in total. The second-order valence-electron chi connectivity index (χ2n) is 4.83. The molecular weight excluding hydrogens is 368 g/mol. The van der Waals surface area contributed by atoms with Crippen LogP contribution in [0.3, 0.4) is 0 Å². The highest BCUT2D eigenvalue weighted by molar-refractivity contribution is 9.10. The van der Waals surface area contributed by atoms with Crippen molar-refractivity contribution in [3.63, 3.8) is 0 Å². The van der Waals surface area contributed by atoms with Gasteiger partial charge in [-0.25, -0.2) is 4.68 Å². The summed E-state index contributed by atoms with van der Waals surface area (Å²) in [7, 11) is 0. The molecule has 3 heterocycles. The molecule has 5 nitrogen and oxygen atoms in total. The van der Waals surface area contributed by atoms with E-state index in [1.807, 2.05) is 36.4 Å². The molecule has 0 saturated heterocycles. The smallest absolute Gasteiger partial charge is 0.226 e. The molecule has 0 radical (unpaired) electrons. The van der Waals surface area contributed by atoms with Crippen LogP contribution < -0.4 is 5.32 Å². The van der Waals surface area contributed by atoms with Gasteiger partial charge in [0, 0.05) is 10.7 Å². The van der Waals surface area contributed by atoms with Gasteiger partial charge in [0.25, 0.3) is 0 Å². The number of aromatic nitrogens is 3. The highest BCUT2D eigenvalue weighted by Crippen LogP contribution is 2.33. The molecule has 0 amide bonds. The summed E-state index contributed by atoms with van der Waals surface area (Å²) in [4.78, 5) is 4.25. The maximum absolute atomic E-state index is 5.95. The Balaban J connectivity index is 1.80. The zero-order chi connectivity index (χ0) is 15.1. The van der Waals surface area contributed by atoms with Gasteiger partial charge in [-0.05, 0) is 51.8 Å². The third kappa shape index (κ3) is 2.34. The highest BCUT2D eigenvalue weighted by Gasteiger charge is 2.25. The van der Waals surface area contributed by atoms with E-state index in [1.165, 1.54) is 6.33 Å². The fourth-order valence-electron chi connectivity index (χ4n) is 2.42. The van der Waals surface area contributed by atoms with E-state index in [-0.39, 0.29) is 6.04 Å². The first-order valence-electron chi connectivity index (χ1n) is 6.60. The van der Waals surface area contributed by atoms with Crippen LogP contribution in [0.15, 0.2) is 57.9 Å². The van der Waals surface area contributed by atoms with Crippen LogP contribution >= 0.6 is 27.5 Å². The number of rotatable bonds is 2. The molecule has 4 rings (SSSR count). The molecule has 1 aliphatic heterocycles. The van der Waals surface area contributed by atoms with Gasteiger partial charge >= 0.3 is 0 Å². The topological polar surface area (TPSA) is 55.9 Å².